The summed E-state index contributed by atoms with van der Waals surface area (Å²) in [4.78, 5) is 112. The number of phosphoric ester groups is 6. The summed E-state index contributed by atoms with van der Waals surface area (Å²) in [6.45, 7) is -4.16. The van der Waals surface area contributed by atoms with Crippen molar-refractivity contribution in [1.29, 1.82) is 0 Å². The topological polar surface area (TPSA) is 494 Å². The number of amides is 2. The Morgan fingerprint density at radius 1 is 0.419 bits per heavy atom. The summed E-state index contributed by atoms with van der Waals surface area (Å²) >= 11 is 0. The summed E-state index contributed by atoms with van der Waals surface area (Å²) in [7, 11) is -27.4. The Hall–Kier alpha value is -6.54. The molecule has 572 valence electrons. The van der Waals surface area contributed by atoms with E-state index in [2.05, 4.69) is 15.2 Å². The maximum Gasteiger partial charge on any atom is 0.472 e. The molecule has 2 aliphatic heterocycles. The lowest BCUT2D eigenvalue weighted by Crippen LogP contribution is -2.24. The average Bonchev–Trinajstić information content (AvgIpc) is 0.761. The first-order chi connectivity index (χ1) is 49.8. The van der Waals surface area contributed by atoms with Crippen molar-refractivity contribution >= 4 is 80.7 Å². The number of carbonyl (C=O) groups excluding carboxylic acids is 2. The molecule has 4 aromatic carbocycles. The first-order valence-electron chi connectivity index (χ1n) is 32.6. The van der Waals surface area contributed by atoms with Crippen LogP contribution in [0.15, 0.2) is 140 Å². The normalized spacial score (nSPS) is 16.0. The molecule has 10 N–H and O–H groups in total. The van der Waals surface area contributed by atoms with Crippen LogP contribution >= 0.6 is 46.9 Å². The number of benzene rings is 6. The molecule has 40 heteroatoms. The van der Waals surface area contributed by atoms with E-state index in [0.29, 0.717) is 92.1 Å². The molecule has 0 radical (unpaired) electrons. The number of rotatable bonds is 46. The van der Waals surface area contributed by atoms with E-state index in [4.69, 9.17) is 58.6 Å². The first kappa shape index (κ1) is 84.1. The number of carbonyl (C=O) groups is 2. The summed E-state index contributed by atoms with van der Waals surface area (Å²) in [5, 5.41) is 27.2. The molecule has 8 atom stereocenters. The zero-order chi connectivity index (χ0) is 76.0. The fourth-order valence-corrected chi connectivity index (χ4v) is 14.9. The molecule has 34 nitrogen and oxygen atoms in total. The molecular formula is C65H80N2O32P6. The SMILES string of the molecule is CCOP(=O)(O)OCC(CCCCNC(=O)c1cccc(-c2c3ccc(=O)cc-3oc3cc(O)ccc23)c1)COP(=O)(O)OCCCOP(=O)(O)OCCOP(=O)(O)OCCCOP(=O)(O)OCC(CCCCNC(=O)c1cccc(-c2c3ccc(=O)cc-3oc3cc(O)ccc23)c1)COP(=O)(O)OC. The van der Waals surface area contributed by atoms with E-state index in [1.165, 1.54) is 55.5 Å². The van der Waals surface area contributed by atoms with Gasteiger partial charge in [-0.1, -0.05) is 37.1 Å². The molecule has 0 bridgehead atoms. The van der Waals surface area contributed by atoms with Crippen molar-refractivity contribution in [3.8, 4) is 56.4 Å². The second-order valence-electron chi connectivity index (χ2n) is 23.3. The predicted molar refractivity (Wildman–Crippen MR) is 378 cm³/mol. The van der Waals surface area contributed by atoms with Crippen LogP contribution in [0.25, 0.3) is 66.8 Å². The largest absolute Gasteiger partial charge is 0.508 e. The molecule has 0 aromatic heterocycles. The first-order valence-corrected chi connectivity index (χ1v) is 41.6. The summed E-state index contributed by atoms with van der Waals surface area (Å²) in [6.07, 6.45) is 1.30. The highest BCUT2D eigenvalue weighted by Gasteiger charge is 2.31. The van der Waals surface area contributed by atoms with Gasteiger partial charge in [-0.2, -0.15) is 0 Å². The number of fused-ring (bicyclic) bond motifs is 4. The van der Waals surface area contributed by atoms with Crippen LogP contribution in [0, 0.1) is 11.8 Å². The highest BCUT2D eigenvalue weighted by atomic mass is 31.2. The maximum absolute atomic E-state index is 13.4. The van der Waals surface area contributed by atoms with E-state index in [1.807, 2.05) is 0 Å². The van der Waals surface area contributed by atoms with Crippen molar-refractivity contribution in [2.75, 3.05) is 92.9 Å². The third kappa shape index (κ3) is 27.0. The molecular weight excluding hydrogens is 1510 g/mol. The van der Waals surface area contributed by atoms with Gasteiger partial charge in [-0.05, 0) is 129 Å². The molecule has 0 saturated carbocycles. The Labute approximate surface area is 600 Å². The van der Waals surface area contributed by atoms with Crippen molar-refractivity contribution < 1.29 is 140 Å². The number of aromatic hydroxyl groups is 2. The van der Waals surface area contributed by atoms with Crippen molar-refractivity contribution in [1.82, 2.24) is 10.6 Å². The smallest absolute Gasteiger partial charge is 0.472 e. The quantitative estimate of drug-likeness (QED) is 0.00962. The Kier molecular flexibility index (Phi) is 31.2. The van der Waals surface area contributed by atoms with Gasteiger partial charge in [0.1, 0.15) is 34.2 Å². The summed E-state index contributed by atoms with van der Waals surface area (Å²) in [6, 6.07) is 31.4. The number of phosphoric acid groups is 6. The van der Waals surface area contributed by atoms with Gasteiger partial charge in [0.05, 0.1) is 72.7 Å². The highest BCUT2D eigenvalue weighted by molar-refractivity contribution is 7.48. The van der Waals surface area contributed by atoms with Gasteiger partial charge in [0.15, 0.2) is 10.9 Å². The van der Waals surface area contributed by atoms with E-state index >= 15 is 0 Å². The molecule has 8 unspecified atom stereocenters. The number of hydrogen-bond donors (Lipinski definition) is 10. The second kappa shape index (κ2) is 39.0. The van der Waals surface area contributed by atoms with Crippen LogP contribution in [0.3, 0.4) is 0 Å². The molecule has 4 aromatic rings. The number of phenolic OH excluding ortho intramolecular Hbond substituents is 2. The monoisotopic (exact) mass is 1590 g/mol. The van der Waals surface area contributed by atoms with E-state index in [9.17, 15) is 86.1 Å². The summed E-state index contributed by atoms with van der Waals surface area (Å²) < 4.78 is 145. The van der Waals surface area contributed by atoms with Gasteiger partial charge in [-0.15, -0.1) is 0 Å². The fraction of sp³-hybridized carbons (Fsp3) is 0.385. The van der Waals surface area contributed by atoms with Crippen LogP contribution in [-0.4, -0.2) is 144 Å². The van der Waals surface area contributed by atoms with E-state index in [0.717, 1.165) is 7.11 Å². The van der Waals surface area contributed by atoms with Gasteiger partial charge in [-0.25, -0.2) is 27.4 Å². The van der Waals surface area contributed by atoms with Crippen molar-refractivity contribution in [2.45, 2.75) is 58.3 Å². The Morgan fingerprint density at radius 3 is 1.16 bits per heavy atom. The van der Waals surface area contributed by atoms with Crippen molar-refractivity contribution in [2.24, 2.45) is 11.8 Å². The van der Waals surface area contributed by atoms with Crippen molar-refractivity contribution in [3.63, 3.8) is 0 Å². The van der Waals surface area contributed by atoms with E-state index < -0.39 is 137 Å². The number of nitrogens with one attached hydrogen (secondary N) is 2. The number of unbranched alkanes of at least 4 members (excludes halogenated alkanes) is 2. The zero-order valence-electron chi connectivity index (χ0n) is 56.6. The third-order valence-electron chi connectivity index (χ3n) is 15.4. The standard InChI is InChI=1S/C65H80N2O32P6/c1-3-87-101(76,77)95-41-45(13-5-7-27-67-65(73)49-17-9-15-47(35-49)63-56-24-20-52(70)38-60(56)99-61-39-53(71)21-25-57(61)63)43-97-105(84,85)91-31-11-29-89-103(80,81)93-33-32-92-102(78,79)88-28-10-30-90-104(82,83)96-42-44(40-94-100(74,75)86-2)12-4-6-26-66-64(72)48-16-8-14-46(34-48)62-54-22-18-50(68)36-58(54)98-59-37-51(69)19-23-55(59)62/h8-9,14-25,34-39,44-45,68,70H,3-7,10-13,26-33,40-43H2,1-2H3,(H,66,72)(H,67,73)(H,74,75)(H,76,77)(H,78,79)(H,80,81)(H,82,83)(H,84,85). The molecule has 2 amide bonds. The van der Waals surface area contributed by atoms with E-state index in [1.54, 1.807) is 72.8 Å². The average molecular weight is 1590 g/mol. The molecule has 4 aliphatic rings. The van der Waals surface area contributed by atoms with Crippen LogP contribution in [-0.2, 0) is 81.7 Å². The molecule has 2 aliphatic carbocycles. The molecule has 0 fully saturated rings. The minimum atomic E-state index is -4.85. The van der Waals surface area contributed by atoms with Crippen molar-refractivity contribution in [3.05, 3.63) is 153 Å². The highest BCUT2D eigenvalue weighted by Crippen LogP contribution is 2.50. The number of hydrogen-bond acceptors (Lipinski definition) is 26. The van der Waals surface area contributed by atoms with Crippen LogP contribution in [0.1, 0.15) is 79.0 Å². The van der Waals surface area contributed by atoms with Crippen LogP contribution in [0.4, 0.5) is 0 Å². The van der Waals surface area contributed by atoms with Gasteiger partial charge in [-0.3, -0.25) is 73.5 Å². The lowest BCUT2D eigenvalue weighted by atomic mass is 9.92. The Bertz CT molecular complexity index is 4630. The molecule has 105 heavy (non-hydrogen) atoms. The molecule has 0 spiro atoms. The van der Waals surface area contributed by atoms with Gasteiger partial charge in [0.25, 0.3) is 11.8 Å². The summed E-state index contributed by atoms with van der Waals surface area (Å²) in [5.41, 5.74) is 4.52. The Morgan fingerprint density at radius 2 is 0.781 bits per heavy atom. The zero-order valence-corrected chi connectivity index (χ0v) is 62.0. The molecule has 8 rings (SSSR count). The molecule has 2 heterocycles. The summed E-state index contributed by atoms with van der Waals surface area (Å²) in [5.74, 6) is -1.92. The van der Waals surface area contributed by atoms with Gasteiger partial charge >= 0.3 is 46.9 Å². The van der Waals surface area contributed by atoms with E-state index in [-0.39, 0.29) is 79.3 Å². The second-order valence-corrected chi connectivity index (χ2v) is 32.2. The van der Waals surface area contributed by atoms with Crippen LogP contribution in [0.2, 0.25) is 0 Å². The third-order valence-corrected chi connectivity index (χ3v) is 21.4. The van der Waals surface area contributed by atoms with Crippen LogP contribution < -0.4 is 21.5 Å². The van der Waals surface area contributed by atoms with Crippen LogP contribution in [0.5, 0.6) is 11.5 Å². The lowest BCUT2D eigenvalue weighted by molar-refractivity contribution is 0.0818. The maximum atomic E-state index is 13.4. The Balaban J connectivity index is 0.686. The predicted octanol–water partition coefficient (Wildman–Crippen LogP) is 11.8. The number of phenols is 2. The van der Waals surface area contributed by atoms with Gasteiger partial charge < -0.3 is 59.0 Å². The lowest BCUT2D eigenvalue weighted by Gasteiger charge is -2.20. The van der Waals surface area contributed by atoms with Gasteiger partial charge in [0.2, 0.25) is 0 Å². The fourth-order valence-electron chi connectivity index (χ4n) is 10.5. The molecule has 0 saturated heterocycles. The minimum absolute atomic E-state index is 0.0456. The minimum Gasteiger partial charge on any atom is -0.508 e. The van der Waals surface area contributed by atoms with Gasteiger partial charge in [0, 0.05) is 100 Å².